The third-order valence-corrected chi connectivity index (χ3v) is 5.11. The van der Waals surface area contributed by atoms with Crippen molar-refractivity contribution in [1.29, 1.82) is 0 Å². The summed E-state index contributed by atoms with van der Waals surface area (Å²) < 4.78 is 73.1. The molecule has 1 N–H and O–H groups in total. The average molecular weight is 418 g/mol. The number of nitrogens with one attached hydrogen (secondary N) is 1. The summed E-state index contributed by atoms with van der Waals surface area (Å²) in [7, 11) is 0. The SMILES string of the molecule is Cc1c(C(F)(F)C(F)(F)F)ccc2c1C(N1CCCC1=O)=C(NC=O)C(C)(C)O2. The van der Waals surface area contributed by atoms with Crippen LogP contribution in [-0.2, 0) is 15.5 Å². The molecule has 0 aliphatic carbocycles. The van der Waals surface area contributed by atoms with E-state index >= 15 is 0 Å². The normalized spacial score (nSPS) is 19.2. The molecular weight excluding hydrogens is 399 g/mol. The van der Waals surface area contributed by atoms with E-state index in [2.05, 4.69) is 5.32 Å². The lowest BCUT2D eigenvalue weighted by Crippen LogP contribution is -2.44. The number of fused-ring (bicyclic) bond motifs is 1. The van der Waals surface area contributed by atoms with E-state index in [1.807, 2.05) is 0 Å². The number of hydrogen-bond acceptors (Lipinski definition) is 3. The highest BCUT2D eigenvalue weighted by atomic mass is 19.4. The smallest absolute Gasteiger partial charge is 0.458 e. The van der Waals surface area contributed by atoms with Gasteiger partial charge >= 0.3 is 12.1 Å². The van der Waals surface area contributed by atoms with Gasteiger partial charge in [-0.25, -0.2) is 0 Å². The van der Waals surface area contributed by atoms with Crippen LogP contribution in [0.1, 0.15) is 43.4 Å². The van der Waals surface area contributed by atoms with Crippen molar-refractivity contribution < 1.29 is 36.3 Å². The Morgan fingerprint density at radius 1 is 1.21 bits per heavy atom. The van der Waals surface area contributed by atoms with Gasteiger partial charge in [0.1, 0.15) is 11.4 Å². The molecule has 0 atom stereocenters. The van der Waals surface area contributed by atoms with Crippen LogP contribution in [0.3, 0.4) is 0 Å². The number of carbonyl (C=O) groups is 2. The molecule has 0 aromatic heterocycles. The van der Waals surface area contributed by atoms with Crippen LogP contribution in [0.25, 0.3) is 5.70 Å². The van der Waals surface area contributed by atoms with Crippen molar-refractivity contribution in [3.63, 3.8) is 0 Å². The number of carbonyl (C=O) groups excluding carboxylic acids is 2. The van der Waals surface area contributed by atoms with Crippen LogP contribution >= 0.6 is 0 Å². The molecule has 2 amide bonds. The molecule has 2 aliphatic rings. The summed E-state index contributed by atoms with van der Waals surface area (Å²) in [5, 5.41) is 2.45. The molecule has 1 aromatic rings. The van der Waals surface area contributed by atoms with Crippen molar-refractivity contribution in [2.75, 3.05) is 6.54 Å². The van der Waals surface area contributed by atoms with E-state index in [-0.39, 0.29) is 47.1 Å². The van der Waals surface area contributed by atoms with Crippen LogP contribution < -0.4 is 10.1 Å². The summed E-state index contributed by atoms with van der Waals surface area (Å²) in [6.45, 7) is 4.55. The van der Waals surface area contributed by atoms with Crippen LogP contribution in [0.4, 0.5) is 22.0 Å². The highest BCUT2D eigenvalue weighted by Gasteiger charge is 2.59. The fourth-order valence-electron chi connectivity index (χ4n) is 3.75. The molecule has 2 heterocycles. The van der Waals surface area contributed by atoms with Crippen molar-refractivity contribution in [3.05, 3.63) is 34.5 Å². The minimum atomic E-state index is -5.79. The summed E-state index contributed by atoms with van der Waals surface area (Å²) >= 11 is 0. The van der Waals surface area contributed by atoms with Gasteiger partial charge in [0.2, 0.25) is 12.3 Å². The van der Waals surface area contributed by atoms with E-state index in [0.717, 1.165) is 13.0 Å². The van der Waals surface area contributed by atoms with Gasteiger partial charge in [-0.05, 0) is 44.9 Å². The minimum Gasteiger partial charge on any atom is -0.481 e. The van der Waals surface area contributed by atoms with Gasteiger partial charge in [-0.1, -0.05) is 0 Å². The van der Waals surface area contributed by atoms with Crippen LogP contribution in [0, 0.1) is 6.92 Å². The number of amides is 2. The van der Waals surface area contributed by atoms with Crippen molar-refractivity contribution >= 4 is 18.0 Å². The first-order valence-corrected chi connectivity index (χ1v) is 8.86. The fourth-order valence-corrected chi connectivity index (χ4v) is 3.75. The van der Waals surface area contributed by atoms with E-state index in [1.54, 1.807) is 13.8 Å². The lowest BCUT2D eigenvalue weighted by Gasteiger charge is -2.40. The summed E-state index contributed by atoms with van der Waals surface area (Å²) in [5.41, 5.74) is -2.63. The van der Waals surface area contributed by atoms with Gasteiger partial charge in [0, 0.05) is 24.1 Å². The minimum absolute atomic E-state index is 0.0559. The fraction of sp³-hybridized carbons (Fsp3) is 0.474. The van der Waals surface area contributed by atoms with Gasteiger partial charge in [-0.2, -0.15) is 22.0 Å². The second-order valence-electron chi connectivity index (χ2n) is 7.43. The largest absolute Gasteiger partial charge is 0.481 e. The first-order chi connectivity index (χ1) is 13.3. The highest BCUT2D eigenvalue weighted by molar-refractivity contribution is 5.92. The number of rotatable bonds is 4. The molecule has 10 heteroatoms. The number of halogens is 5. The molecule has 1 aromatic carbocycles. The molecule has 0 unspecified atom stereocenters. The van der Waals surface area contributed by atoms with Gasteiger partial charge in [-0.15, -0.1) is 0 Å². The van der Waals surface area contributed by atoms with Gasteiger partial charge in [0.05, 0.1) is 11.4 Å². The maximum absolute atomic E-state index is 14.1. The quantitative estimate of drug-likeness (QED) is 0.597. The van der Waals surface area contributed by atoms with E-state index in [0.29, 0.717) is 18.9 Å². The highest BCUT2D eigenvalue weighted by Crippen LogP contribution is 2.50. The molecule has 0 bridgehead atoms. The van der Waals surface area contributed by atoms with Crippen LogP contribution in [0.15, 0.2) is 17.8 Å². The Hall–Kier alpha value is -2.65. The summed E-state index contributed by atoms with van der Waals surface area (Å²) in [5.74, 6) is -5.36. The van der Waals surface area contributed by atoms with E-state index < -0.39 is 23.3 Å². The number of nitrogens with zero attached hydrogens (tertiary/aromatic N) is 1. The number of alkyl halides is 5. The molecule has 29 heavy (non-hydrogen) atoms. The third-order valence-electron chi connectivity index (χ3n) is 5.11. The Bertz CT molecular complexity index is 906. The molecule has 0 spiro atoms. The standard InChI is InChI=1S/C19H19F5N2O3/c1-10-11(18(20,21)19(22,23)24)6-7-12-14(10)15(26-8-4-5-13(26)28)16(25-9-27)17(2,3)29-12/h6-7,9H,4-5,8H2,1-3H3,(H,25,27). The van der Waals surface area contributed by atoms with E-state index in [1.165, 1.54) is 4.90 Å². The predicted molar refractivity (Wildman–Crippen MR) is 92.9 cm³/mol. The Kier molecular flexibility index (Phi) is 4.87. The molecule has 1 fully saturated rings. The Labute approximate surface area is 163 Å². The van der Waals surface area contributed by atoms with Gasteiger partial charge in [0.15, 0.2) is 0 Å². The maximum Gasteiger partial charge on any atom is 0.458 e. The Morgan fingerprint density at radius 2 is 1.86 bits per heavy atom. The van der Waals surface area contributed by atoms with Crippen LogP contribution in [-0.4, -0.2) is 35.5 Å². The second-order valence-corrected chi connectivity index (χ2v) is 7.43. The average Bonchev–Trinajstić information content (AvgIpc) is 3.00. The Morgan fingerprint density at radius 3 is 2.38 bits per heavy atom. The zero-order valence-electron chi connectivity index (χ0n) is 15.9. The number of hydrogen-bond donors (Lipinski definition) is 1. The molecular formula is C19H19F5N2O3. The number of ether oxygens (including phenoxy) is 1. The van der Waals surface area contributed by atoms with Crippen molar-refractivity contribution in [3.8, 4) is 5.75 Å². The van der Waals surface area contributed by atoms with Crippen LogP contribution in [0.5, 0.6) is 5.75 Å². The molecule has 0 radical (unpaired) electrons. The van der Waals surface area contributed by atoms with Gasteiger partial charge in [-0.3, -0.25) is 9.59 Å². The molecule has 0 saturated carbocycles. The van der Waals surface area contributed by atoms with Crippen molar-refractivity contribution in [1.82, 2.24) is 10.2 Å². The zero-order valence-corrected chi connectivity index (χ0v) is 15.9. The third kappa shape index (κ3) is 3.24. The first-order valence-electron chi connectivity index (χ1n) is 8.86. The molecule has 2 aliphatic heterocycles. The summed E-state index contributed by atoms with van der Waals surface area (Å²) in [6, 6.07) is 1.72. The number of benzene rings is 1. The molecule has 5 nitrogen and oxygen atoms in total. The van der Waals surface area contributed by atoms with Gasteiger partial charge < -0.3 is 15.0 Å². The Balaban J connectivity index is 2.34. The summed E-state index contributed by atoms with van der Waals surface area (Å²) in [6.07, 6.45) is -4.76. The first kappa shape index (κ1) is 21.1. The predicted octanol–water partition coefficient (Wildman–Crippen LogP) is 3.86. The monoisotopic (exact) mass is 418 g/mol. The molecule has 1 saturated heterocycles. The lowest BCUT2D eigenvalue weighted by atomic mass is 9.88. The lowest BCUT2D eigenvalue weighted by molar-refractivity contribution is -0.289. The topological polar surface area (TPSA) is 58.6 Å². The van der Waals surface area contributed by atoms with E-state index in [9.17, 15) is 31.5 Å². The van der Waals surface area contributed by atoms with Gasteiger partial charge in [0.25, 0.3) is 0 Å². The van der Waals surface area contributed by atoms with Crippen molar-refractivity contribution in [2.45, 2.75) is 51.3 Å². The van der Waals surface area contributed by atoms with Crippen LogP contribution in [0.2, 0.25) is 0 Å². The maximum atomic E-state index is 14.1. The summed E-state index contributed by atoms with van der Waals surface area (Å²) in [4.78, 5) is 24.9. The molecule has 158 valence electrons. The van der Waals surface area contributed by atoms with Crippen molar-refractivity contribution in [2.24, 2.45) is 0 Å². The number of likely N-dealkylation sites (tertiary alicyclic amines) is 1. The zero-order chi connectivity index (χ0) is 21.8. The molecule has 3 rings (SSSR count). The second kappa shape index (κ2) is 6.70. The van der Waals surface area contributed by atoms with E-state index in [4.69, 9.17) is 4.74 Å².